The highest BCUT2D eigenvalue weighted by molar-refractivity contribution is 6.02. The van der Waals surface area contributed by atoms with Crippen molar-refractivity contribution >= 4 is 11.7 Å². The minimum absolute atomic E-state index is 0.130. The van der Waals surface area contributed by atoms with Crippen LogP contribution in [0.5, 0.6) is 0 Å². The molecule has 1 amide bonds. The van der Waals surface area contributed by atoms with Gasteiger partial charge >= 0.3 is 0 Å². The molecule has 0 aliphatic carbocycles. The molecule has 0 aliphatic rings. The largest absolute Gasteiger partial charge is 0.344 e. The second kappa shape index (κ2) is 5.53. The highest BCUT2D eigenvalue weighted by atomic mass is 16.2. The lowest BCUT2D eigenvalue weighted by molar-refractivity contribution is 0.101. The van der Waals surface area contributed by atoms with Crippen molar-refractivity contribution in [1.29, 1.82) is 0 Å². The van der Waals surface area contributed by atoms with E-state index in [0.29, 0.717) is 17.6 Å². The van der Waals surface area contributed by atoms with Crippen molar-refractivity contribution in [3.05, 3.63) is 35.3 Å². The third kappa shape index (κ3) is 2.61. The highest BCUT2D eigenvalue weighted by Gasteiger charge is 2.14. The zero-order chi connectivity index (χ0) is 14.9. The van der Waals surface area contributed by atoms with Crippen molar-refractivity contribution in [2.45, 2.75) is 40.2 Å². The lowest BCUT2D eigenvalue weighted by atomic mass is 10.2. The summed E-state index contributed by atoms with van der Waals surface area (Å²) in [5.41, 5.74) is 2.74. The van der Waals surface area contributed by atoms with Crippen molar-refractivity contribution in [2.24, 2.45) is 7.05 Å². The summed E-state index contributed by atoms with van der Waals surface area (Å²) in [4.78, 5) is 12.2. The molecule has 20 heavy (non-hydrogen) atoms. The maximum atomic E-state index is 12.2. The van der Waals surface area contributed by atoms with Gasteiger partial charge in [0.05, 0.1) is 0 Å². The molecule has 0 bridgehead atoms. The number of anilines is 1. The number of hydrogen-bond donors (Lipinski definition) is 1. The van der Waals surface area contributed by atoms with Crippen molar-refractivity contribution in [2.75, 3.05) is 5.32 Å². The van der Waals surface area contributed by atoms with Crippen molar-refractivity contribution < 1.29 is 4.79 Å². The molecule has 2 aromatic heterocycles. The van der Waals surface area contributed by atoms with E-state index in [1.54, 1.807) is 0 Å². The van der Waals surface area contributed by atoms with Crippen molar-refractivity contribution in [3.63, 3.8) is 0 Å². The number of aryl methyl sites for hydroxylation is 2. The number of nitrogens with zero attached hydrogens (tertiary/aromatic N) is 3. The van der Waals surface area contributed by atoms with E-state index >= 15 is 0 Å². The second-order valence-corrected chi connectivity index (χ2v) is 5.25. The van der Waals surface area contributed by atoms with Crippen LogP contribution >= 0.6 is 0 Å². The summed E-state index contributed by atoms with van der Waals surface area (Å²) in [7, 11) is 1.88. The van der Waals surface area contributed by atoms with Crippen LogP contribution < -0.4 is 5.32 Å². The van der Waals surface area contributed by atoms with Crippen molar-refractivity contribution in [3.8, 4) is 0 Å². The van der Waals surface area contributed by atoms with Gasteiger partial charge in [-0.1, -0.05) is 6.92 Å². The van der Waals surface area contributed by atoms with Crippen molar-refractivity contribution in [1.82, 2.24) is 14.3 Å². The van der Waals surface area contributed by atoms with E-state index in [1.165, 1.54) is 0 Å². The van der Waals surface area contributed by atoms with Gasteiger partial charge in [-0.3, -0.25) is 9.48 Å². The number of amides is 1. The van der Waals surface area contributed by atoms with Crippen LogP contribution in [-0.2, 0) is 7.05 Å². The molecule has 1 unspecified atom stereocenters. The van der Waals surface area contributed by atoms with Crippen LogP contribution in [0.3, 0.4) is 0 Å². The number of rotatable bonds is 4. The quantitative estimate of drug-likeness (QED) is 0.931. The molecule has 108 valence electrons. The first-order chi connectivity index (χ1) is 9.43. The van der Waals surface area contributed by atoms with Gasteiger partial charge in [-0.25, -0.2) is 0 Å². The Labute approximate surface area is 119 Å². The monoisotopic (exact) mass is 274 g/mol. The molecule has 2 aromatic rings. The summed E-state index contributed by atoms with van der Waals surface area (Å²) < 4.78 is 3.82. The average Bonchev–Trinajstić information content (AvgIpc) is 2.93. The van der Waals surface area contributed by atoms with Gasteiger partial charge < -0.3 is 9.88 Å². The van der Waals surface area contributed by atoms with Crippen LogP contribution in [0.15, 0.2) is 18.2 Å². The standard InChI is InChI=1S/C15H22N4O/c1-6-10(2)19-12(4)9-14(17-19)16-15(20)13-8-7-11(3)18(13)5/h7-10H,6H2,1-5H3,(H,16,17,20). The molecule has 5 heteroatoms. The molecule has 2 heterocycles. The Balaban J connectivity index is 2.18. The number of carbonyl (C=O) groups is 1. The van der Waals surface area contributed by atoms with E-state index in [-0.39, 0.29) is 5.91 Å². The highest BCUT2D eigenvalue weighted by Crippen LogP contribution is 2.17. The first-order valence-electron chi connectivity index (χ1n) is 6.93. The Hall–Kier alpha value is -2.04. The number of carbonyl (C=O) groups excluding carboxylic acids is 1. The summed E-state index contributed by atoms with van der Waals surface area (Å²) in [5, 5.41) is 7.32. The Morgan fingerprint density at radius 1 is 1.35 bits per heavy atom. The van der Waals surface area contributed by atoms with Gasteiger partial charge in [0.25, 0.3) is 5.91 Å². The molecule has 0 saturated carbocycles. The summed E-state index contributed by atoms with van der Waals surface area (Å²) in [5.74, 6) is 0.473. The molecule has 0 saturated heterocycles. The zero-order valence-electron chi connectivity index (χ0n) is 12.8. The maximum Gasteiger partial charge on any atom is 0.273 e. The van der Waals surface area contributed by atoms with Gasteiger partial charge in [0.2, 0.25) is 0 Å². The van der Waals surface area contributed by atoms with Crippen LogP contribution in [0.25, 0.3) is 0 Å². The van der Waals surface area contributed by atoms with Crippen LogP contribution in [0.4, 0.5) is 5.82 Å². The van der Waals surface area contributed by atoms with Crippen LogP contribution in [0.2, 0.25) is 0 Å². The van der Waals surface area contributed by atoms with Gasteiger partial charge in [-0.05, 0) is 39.3 Å². The summed E-state index contributed by atoms with van der Waals surface area (Å²) in [6, 6.07) is 5.99. The van der Waals surface area contributed by atoms with E-state index in [0.717, 1.165) is 17.8 Å². The SMILES string of the molecule is CCC(C)n1nc(NC(=O)c2ccc(C)n2C)cc1C. The third-order valence-electron chi connectivity index (χ3n) is 3.78. The van der Waals surface area contributed by atoms with Crippen LogP contribution in [0.1, 0.15) is 48.2 Å². The fourth-order valence-corrected chi connectivity index (χ4v) is 2.19. The lowest BCUT2D eigenvalue weighted by Crippen LogP contribution is -2.16. The van der Waals surface area contributed by atoms with E-state index < -0.39 is 0 Å². The van der Waals surface area contributed by atoms with Crippen LogP contribution in [-0.4, -0.2) is 20.3 Å². The molecule has 5 nitrogen and oxygen atoms in total. The Morgan fingerprint density at radius 3 is 2.60 bits per heavy atom. The average molecular weight is 274 g/mol. The zero-order valence-corrected chi connectivity index (χ0v) is 12.8. The molecule has 1 atom stereocenters. The molecule has 0 fully saturated rings. The second-order valence-electron chi connectivity index (χ2n) is 5.25. The summed E-state index contributed by atoms with van der Waals surface area (Å²) >= 11 is 0. The molecule has 0 spiro atoms. The Kier molecular flexibility index (Phi) is 3.97. The molecular weight excluding hydrogens is 252 g/mol. The first kappa shape index (κ1) is 14.4. The number of aromatic nitrogens is 3. The predicted octanol–water partition coefficient (Wildman–Crippen LogP) is 3.06. The van der Waals surface area contributed by atoms with Gasteiger partial charge in [-0.2, -0.15) is 5.10 Å². The van der Waals surface area contributed by atoms with Gasteiger partial charge in [-0.15, -0.1) is 0 Å². The summed E-state index contributed by atoms with van der Waals surface area (Å²) in [6.07, 6.45) is 1.01. The summed E-state index contributed by atoms with van der Waals surface area (Å²) in [6.45, 7) is 8.21. The molecule has 2 rings (SSSR count). The van der Waals surface area contributed by atoms with E-state index in [2.05, 4.69) is 24.3 Å². The topological polar surface area (TPSA) is 51.9 Å². The molecule has 0 aromatic carbocycles. The van der Waals surface area contributed by atoms with Gasteiger partial charge in [0, 0.05) is 30.5 Å². The van der Waals surface area contributed by atoms with E-state index in [4.69, 9.17) is 0 Å². The fourth-order valence-electron chi connectivity index (χ4n) is 2.19. The number of hydrogen-bond acceptors (Lipinski definition) is 2. The fraction of sp³-hybridized carbons (Fsp3) is 0.467. The molecule has 1 N–H and O–H groups in total. The first-order valence-corrected chi connectivity index (χ1v) is 6.93. The van der Waals surface area contributed by atoms with E-state index in [1.807, 2.05) is 48.3 Å². The molecular formula is C15H22N4O. The Bertz CT molecular complexity index is 624. The predicted molar refractivity (Wildman–Crippen MR) is 80.1 cm³/mol. The Morgan fingerprint density at radius 2 is 2.05 bits per heavy atom. The lowest BCUT2D eigenvalue weighted by Gasteiger charge is -2.11. The normalized spacial score (nSPS) is 12.4. The number of nitrogens with one attached hydrogen (secondary N) is 1. The van der Waals surface area contributed by atoms with Gasteiger partial charge in [0.15, 0.2) is 5.82 Å². The maximum absolute atomic E-state index is 12.2. The van der Waals surface area contributed by atoms with Gasteiger partial charge in [0.1, 0.15) is 5.69 Å². The third-order valence-corrected chi connectivity index (χ3v) is 3.78. The molecule has 0 radical (unpaired) electrons. The van der Waals surface area contributed by atoms with E-state index in [9.17, 15) is 4.79 Å². The van der Waals surface area contributed by atoms with Crippen LogP contribution in [0, 0.1) is 13.8 Å². The minimum Gasteiger partial charge on any atom is -0.344 e. The minimum atomic E-state index is -0.130. The smallest absolute Gasteiger partial charge is 0.273 e. The molecule has 0 aliphatic heterocycles.